The van der Waals surface area contributed by atoms with Gasteiger partial charge in [-0.15, -0.1) is 11.8 Å². The van der Waals surface area contributed by atoms with Crippen LogP contribution < -0.4 is 5.73 Å². The van der Waals surface area contributed by atoms with Crippen molar-refractivity contribution in [2.45, 2.75) is 37.8 Å². The molecular weight excluding hydrogens is 196 g/mol. The molecule has 2 aliphatic rings. The topological polar surface area (TPSA) is 46.3 Å². The van der Waals surface area contributed by atoms with Gasteiger partial charge in [0.1, 0.15) is 0 Å². The quantitative estimate of drug-likeness (QED) is 0.740. The van der Waals surface area contributed by atoms with Gasteiger partial charge < -0.3 is 10.6 Å². The molecule has 0 spiro atoms. The molecule has 4 heteroatoms. The van der Waals surface area contributed by atoms with Crippen LogP contribution in [0.5, 0.6) is 0 Å². The zero-order valence-electron chi connectivity index (χ0n) is 8.45. The van der Waals surface area contributed by atoms with Crippen molar-refractivity contribution in [1.82, 2.24) is 4.90 Å². The van der Waals surface area contributed by atoms with Gasteiger partial charge in [-0.2, -0.15) is 0 Å². The second-order valence-corrected chi connectivity index (χ2v) is 5.17. The van der Waals surface area contributed by atoms with Crippen LogP contribution in [-0.2, 0) is 4.79 Å². The minimum absolute atomic E-state index is 0.296. The zero-order chi connectivity index (χ0) is 9.97. The predicted molar refractivity (Wildman–Crippen MR) is 59.3 cm³/mol. The van der Waals surface area contributed by atoms with Crippen molar-refractivity contribution in [1.29, 1.82) is 0 Å². The molecule has 0 radical (unpaired) electrons. The van der Waals surface area contributed by atoms with Gasteiger partial charge in [0.2, 0.25) is 5.91 Å². The van der Waals surface area contributed by atoms with Gasteiger partial charge in [-0.3, -0.25) is 4.79 Å². The van der Waals surface area contributed by atoms with E-state index in [0.29, 0.717) is 30.3 Å². The van der Waals surface area contributed by atoms with Gasteiger partial charge in [-0.25, -0.2) is 0 Å². The van der Waals surface area contributed by atoms with Crippen molar-refractivity contribution < 1.29 is 4.79 Å². The number of nitrogens with two attached hydrogens (primary N) is 1. The van der Waals surface area contributed by atoms with Gasteiger partial charge in [-0.1, -0.05) is 12.8 Å². The number of nitrogens with zero attached hydrogens (tertiary/aromatic N) is 1. The Labute approximate surface area is 89.4 Å². The van der Waals surface area contributed by atoms with Crippen LogP contribution in [0.3, 0.4) is 0 Å². The molecule has 3 nitrogen and oxygen atoms in total. The maximum atomic E-state index is 11.8. The molecule has 14 heavy (non-hydrogen) atoms. The van der Waals surface area contributed by atoms with Gasteiger partial charge in [0.05, 0.1) is 11.8 Å². The highest BCUT2D eigenvalue weighted by Gasteiger charge is 2.34. The maximum absolute atomic E-state index is 11.8. The molecule has 1 saturated carbocycles. The lowest BCUT2D eigenvalue weighted by molar-refractivity contribution is -0.133. The lowest BCUT2D eigenvalue weighted by Gasteiger charge is -2.39. The summed E-state index contributed by atoms with van der Waals surface area (Å²) in [5.41, 5.74) is 5.72. The van der Waals surface area contributed by atoms with E-state index in [9.17, 15) is 4.79 Å². The molecule has 0 aromatic heterocycles. The Morgan fingerprint density at radius 1 is 1.43 bits per heavy atom. The summed E-state index contributed by atoms with van der Waals surface area (Å²) in [5, 5.41) is 0. The normalized spacial score (nSPS) is 29.9. The van der Waals surface area contributed by atoms with E-state index in [2.05, 4.69) is 4.90 Å². The SMILES string of the molecule is NCC1CSCC(=O)N1C1CCCC1. The Morgan fingerprint density at radius 3 is 2.79 bits per heavy atom. The van der Waals surface area contributed by atoms with Crippen molar-refractivity contribution in [2.24, 2.45) is 5.73 Å². The number of amides is 1. The fraction of sp³-hybridized carbons (Fsp3) is 0.900. The molecule has 1 amide bonds. The third kappa shape index (κ3) is 1.91. The minimum Gasteiger partial charge on any atom is -0.334 e. The molecule has 1 aliphatic carbocycles. The molecule has 1 heterocycles. The van der Waals surface area contributed by atoms with Crippen LogP contribution >= 0.6 is 11.8 Å². The fourth-order valence-electron chi connectivity index (χ4n) is 2.51. The van der Waals surface area contributed by atoms with E-state index in [1.807, 2.05) is 0 Å². The first-order valence-corrected chi connectivity index (χ1v) is 6.57. The summed E-state index contributed by atoms with van der Waals surface area (Å²) < 4.78 is 0. The van der Waals surface area contributed by atoms with Crippen molar-refractivity contribution in [3.05, 3.63) is 0 Å². The Morgan fingerprint density at radius 2 is 2.14 bits per heavy atom. The summed E-state index contributed by atoms with van der Waals surface area (Å²) in [5.74, 6) is 2.00. The van der Waals surface area contributed by atoms with Crippen LogP contribution in [0.25, 0.3) is 0 Å². The predicted octanol–water partition coefficient (Wildman–Crippen LogP) is 0.832. The van der Waals surface area contributed by atoms with Crippen LogP contribution in [0.1, 0.15) is 25.7 Å². The molecule has 0 bridgehead atoms. The fourth-order valence-corrected chi connectivity index (χ4v) is 3.52. The van der Waals surface area contributed by atoms with Gasteiger partial charge in [0.15, 0.2) is 0 Å². The summed E-state index contributed by atoms with van der Waals surface area (Å²) in [4.78, 5) is 13.9. The number of carbonyl (C=O) groups excluding carboxylic acids is 1. The summed E-state index contributed by atoms with van der Waals surface area (Å²) >= 11 is 1.73. The summed E-state index contributed by atoms with van der Waals surface area (Å²) in [6.45, 7) is 0.620. The summed E-state index contributed by atoms with van der Waals surface area (Å²) in [6.07, 6.45) is 4.93. The van der Waals surface area contributed by atoms with Crippen molar-refractivity contribution in [3.8, 4) is 0 Å². The van der Waals surface area contributed by atoms with Crippen LogP contribution in [0, 0.1) is 0 Å². The van der Waals surface area contributed by atoms with Gasteiger partial charge >= 0.3 is 0 Å². The first-order chi connectivity index (χ1) is 6.83. The Balaban J connectivity index is 2.06. The minimum atomic E-state index is 0.296. The molecule has 1 aliphatic heterocycles. The molecular formula is C10H18N2OS. The average molecular weight is 214 g/mol. The second-order valence-electron chi connectivity index (χ2n) is 4.14. The van der Waals surface area contributed by atoms with E-state index in [4.69, 9.17) is 5.73 Å². The van der Waals surface area contributed by atoms with E-state index in [1.54, 1.807) is 11.8 Å². The third-order valence-electron chi connectivity index (χ3n) is 3.21. The van der Waals surface area contributed by atoms with Gasteiger partial charge in [0.25, 0.3) is 0 Å². The highest BCUT2D eigenvalue weighted by Crippen LogP contribution is 2.28. The van der Waals surface area contributed by atoms with Crippen LogP contribution in [0.4, 0.5) is 0 Å². The Hall–Kier alpha value is -0.220. The molecule has 0 aromatic rings. The Bertz CT molecular complexity index is 214. The van der Waals surface area contributed by atoms with Crippen LogP contribution in [0.15, 0.2) is 0 Å². The van der Waals surface area contributed by atoms with Crippen LogP contribution in [0.2, 0.25) is 0 Å². The highest BCUT2D eigenvalue weighted by molar-refractivity contribution is 8.00. The van der Waals surface area contributed by atoms with E-state index >= 15 is 0 Å². The molecule has 2 fully saturated rings. The van der Waals surface area contributed by atoms with Crippen molar-refractivity contribution in [3.63, 3.8) is 0 Å². The molecule has 2 N–H and O–H groups in total. The smallest absolute Gasteiger partial charge is 0.233 e. The summed E-state index contributed by atoms with van der Waals surface area (Å²) in [7, 11) is 0. The van der Waals surface area contributed by atoms with Crippen LogP contribution in [-0.4, -0.2) is 40.9 Å². The number of hydrogen-bond acceptors (Lipinski definition) is 3. The highest BCUT2D eigenvalue weighted by atomic mass is 32.2. The zero-order valence-corrected chi connectivity index (χ0v) is 9.26. The Kier molecular flexibility index (Phi) is 3.34. The monoisotopic (exact) mass is 214 g/mol. The lowest BCUT2D eigenvalue weighted by Crippen LogP contribution is -2.54. The number of thioether (sulfide) groups is 1. The van der Waals surface area contributed by atoms with Crippen molar-refractivity contribution >= 4 is 17.7 Å². The van der Waals surface area contributed by atoms with Gasteiger partial charge in [-0.05, 0) is 12.8 Å². The number of carbonyl (C=O) groups is 1. The first kappa shape index (κ1) is 10.3. The van der Waals surface area contributed by atoms with E-state index in [1.165, 1.54) is 25.7 Å². The third-order valence-corrected chi connectivity index (χ3v) is 4.28. The van der Waals surface area contributed by atoms with E-state index < -0.39 is 0 Å². The number of rotatable bonds is 2. The number of hydrogen-bond donors (Lipinski definition) is 1. The summed E-state index contributed by atoms with van der Waals surface area (Å²) in [6, 6.07) is 0.793. The van der Waals surface area contributed by atoms with E-state index in [0.717, 1.165) is 5.75 Å². The average Bonchev–Trinajstić information content (AvgIpc) is 2.70. The van der Waals surface area contributed by atoms with E-state index in [-0.39, 0.29) is 0 Å². The largest absolute Gasteiger partial charge is 0.334 e. The van der Waals surface area contributed by atoms with Crippen molar-refractivity contribution in [2.75, 3.05) is 18.1 Å². The second kappa shape index (κ2) is 4.53. The van der Waals surface area contributed by atoms with Gasteiger partial charge in [0, 0.05) is 18.3 Å². The first-order valence-electron chi connectivity index (χ1n) is 5.42. The molecule has 1 saturated heterocycles. The molecule has 0 aromatic carbocycles. The molecule has 1 atom stereocenters. The molecule has 1 unspecified atom stereocenters. The lowest BCUT2D eigenvalue weighted by atomic mass is 10.1. The standard InChI is InChI=1S/C10H18N2OS/c11-5-9-6-14-7-10(13)12(9)8-3-1-2-4-8/h8-9H,1-7,11H2. The maximum Gasteiger partial charge on any atom is 0.233 e. The molecule has 2 rings (SSSR count). The molecule has 80 valence electrons.